The van der Waals surface area contributed by atoms with Crippen molar-refractivity contribution in [3.05, 3.63) is 29.8 Å². The topological polar surface area (TPSA) is 49.4 Å². The van der Waals surface area contributed by atoms with Gasteiger partial charge in [0.1, 0.15) is 0 Å². The van der Waals surface area contributed by atoms with E-state index in [1.807, 2.05) is 26.0 Å². The molecular formula is C19H28N2O2. The van der Waals surface area contributed by atoms with Gasteiger partial charge < -0.3 is 10.2 Å². The van der Waals surface area contributed by atoms with Crippen molar-refractivity contribution in [1.82, 2.24) is 4.90 Å². The molecule has 1 saturated carbocycles. The molecule has 1 fully saturated rings. The Morgan fingerprint density at radius 1 is 1.04 bits per heavy atom. The average molecular weight is 316 g/mol. The van der Waals surface area contributed by atoms with Gasteiger partial charge in [-0.2, -0.15) is 0 Å². The number of carbonyl (C=O) groups is 2. The molecule has 0 spiro atoms. The highest BCUT2D eigenvalue weighted by Gasteiger charge is 2.17. The third kappa shape index (κ3) is 5.08. The van der Waals surface area contributed by atoms with Gasteiger partial charge in [0.05, 0.1) is 0 Å². The fourth-order valence-electron chi connectivity index (χ4n) is 3.26. The molecule has 0 unspecified atom stereocenters. The Bertz CT molecular complexity index is 515. The minimum atomic E-state index is 0.0371. The van der Waals surface area contributed by atoms with Crippen molar-refractivity contribution in [3.63, 3.8) is 0 Å². The highest BCUT2D eigenvalue weighted by molar-refractivity contribution is 5.95. The Morgan fingerprint density at radius 2 is 1.65 bits per heavy atom. The largest absolute Gasteiger partial charge is 0.339 e. The Balaban J connectivity index is 1.89. The Kier molecular flexibility index (Phi) is 6.63. The van der Waals surface area contributed by atoms with Gasteiger partial charge in [0.15, 0.2) is 0 Å². The van der Waals surface area contributed by atoms with Crippen LogP contribution in [0, 0.1) is 5.92 Å². The molecule has 23 heavy (non-hydrogen) atoms. The van der Waals surface area contributed by atoms with E-state index in [2.05, 4.69) is 5.32 Å². The zero-order chi connectivity index (χ0) is 16.7. The summed E-state index contributed by atoms with van der Waals surface area (Å²) in [4.78, 5) is 26.1. The molecule has 4 nitrogen and oxygen atoms in total. The molecule has 2 rings (SSSR count). The lowest BCUT2D eigenvalue weighted by atomic mass is 9.87. The maximum Gasteiger partial charge on any atom is 0.253 e. The fourth-order valence-corrected chi connectivity index (χ4v) is 3.26. The molecule has 0 aromatic heterocycles. The number of anilines is 1. The van der Waals surface area contributed by atoms with Gasteiger partial charge >= 0.3 is 0 Å². The number of amides is 2. The molecule has 0 aliphatic heterocycles. The van der Waals surface area contributed by atoms with Crippen molar-refractivity contribution >= 4 is 17.5 Å². The summed E-state index contributed by atoms with van der Waals surface area (Å²) in [6, 6.07) is 7.21. The van der Waals surface area contributed by atoms with Crippen LogP contribution in [0.1, 0.15) is 62.7 Å². The van der Waals surface area contributed by atoms with Crippen molar-refractivity contribution in [2.75, 3.05) is 18.4 Å². The molecule has 2 amide bonds. The lowest BCUT2D eigenvalue weighted by Gasteiger charge is -2.21. The third-order valence-electron chi connectivity index (χ3n) is 4.67. The molecule has 0 atom stereocenters. The second-order valence-electron chi connectivity index (χ2n) is 6.31. The standard InChI is InChI=1S/C19H28N2O2/c1-3-21(4-2)19(23)16-10-12-17(13-11-16)20-18(22)14-15-8-6-5-7-9-15/h10-13,15H,3-9,14H2,1-2H3,(H,20,22). The van der Waals surface area contributed by atoms with Crippen LogP contribution in [-0.4, -0.2) is 29.8 Å². The van der Waals surface area contributed by atoms with E-state index in [0.717, 1.165) is 5.69 Å². The predicted molar refractivity (Wildman–Crippen MR) is 93.5 cm³/mol. The summed E-state index contributed by atoms with van der Waals surface area (Å²) in [7, 11) is 0. The quantitative estimate of drug-likeness (QED) is 0.860. The molecule has 0 bridgehead atoms. The van der Waals surface area contributed by atoms with E-state index < -0.39 is 0 Å². The van der Waals surface area contributed by atoms with E-state index in [0.29, 0.717) is 31.0 Å². The minimum Gasteiger partial charge on any atom is -0.339 e. The Morgan fingerprint density at radius 3 is 2.22 bits per heavy atom. The lowest BCUT2D eigenvalue weighted by Crippen LogP contribution is -2.30. The molecule has 126 valence electrons. The molecule has 4 heteroatoms. The first-order chi connectivity index (χ1) is 11.1. The smallest absolute Gasteiger partial charge is 0.253 e. The zero-order valence-corrected chi connectivity index (χ0v) is 14.3. The SMILES string of the molecule is CCN(CC)C(=O)c1ccc(NC(=O)CC2CCCCC2)cc1. The van der Waals surface area contributed by atoms with Crippen LogP contribution in [0.25, 0.3) is 0 Å². The normalized spacial score (nSPS) is 15.2. The van der Waals surface area contributed by atoms with Crippen molar-refractivity contribution in [2.45, 2.75) is 52.4 Å². The van der Waals surface area contributed by atoms with Crippen LogP contribution in [0.15, 0.2) is 24.3 Å². The molecule has 1 aromatic rings. The third-order valence-corrected chi connectivity index (χ3v) is 4.67. The van der Waals surface area contributed by atoms with E-state index in [4.69, 9.17) is 0 Å². The summed E-state index contributed by atoms with van der Waals surface area (Å²) < 4.78 is 0. The van der Waals surface area contributed by atoms with Gasteiger partial charge in [0.2, 0.25) is 5.91 Å². The van der Waals surface area contributed by atoms with Crippen LogP contribution in [0.2, 0.25) is 0 Å². The van der Waals surface area contributed by atoms with Crippen LogP contribution in [0.5, 0.6) is 0 Å². The number of nitrogens with one attached hydrogen (secondary N) is 1. The van der Waals surface area contributed by atoms with E-state index >= 15 is 0 Å². The number of hydrogen-bond acceptors (Lipinski definition) is 2. The molecule has 1 aliphatic carbocycles. The molecule has 1 N–H and O–H groups in total. The Labute approximate surface area is 139 Å². The van der Waals surface area contributed by atoms with Gasteiger partial charge in [0.25, 0.3) is 5.91 Å². The van der Waals surface area contributed by atoms with Crippen LogP contribution in [0.3, 0.4) is 0 Å². The van der Waals surface area contributed by atoms with Crippen LogP contribution in [-0.2, 0) is 4.79 Å². The van der Waals surface area contributed by atoms with Crippen LogP contribution in [0.4, 0.5) is 5.69 Å². The van der Waals surface area contributed by atoms with Crippen molar-refractivity contribution in [2.24, 2.45) is 5.92 Å². The van der Waals surface area contributed by atoms with E-state index in [1.54, 1.807) is 17.0 Å². The van der Waals surface area contributed by atoms with Gasteiger partial charge in [-0.15, -0.1) is 0 Å². The van der Waals surface area contributed by atoms with Gasteiger partial charge in [-0.05, 0) is 56.9 Å². The molecule has 0 radical (unpaired) electrons. The summed E-state index contributed by atoms with van der Waals surface area (Å²) in [5.74, 6) is 0.655. The minimum absolute atomic E-state index is 0.0371. The van der Waals surface area contributed by atoms with E-state index in [9.17, 15) is 9.59 Å². The lowest BCUT2D eigenvalue weighted by molar-refractivity contribution is -0.117. The molecule has 1 aromatic carbocycles. The second kappa shape index (κ2) is 8.70. The summed E-state index contributed by atoms with van der Waals surface area (Å²) >= 11 is 0. The van der Waals surface area contributed by atoms with Gasteiger partial charge in [-0.1, -0.05) is 19.3 Å². The monoisotopic (exact) mass is 316 g/mol. The van der Waals surface area contributed by atoms with E-state index in [1.165, 1.54) is 32.1 Å². The number of rotatable bonds is 6. The second-order valence-corrected chi connectivity index (χ2v) is 6.31. The molecule has 1 aliphatic rings. The maximum absolute atomic E-state index is 12.2. The number of carbonyl (C=O) groups excluding carboxylic acids is 2. The van der Waals surface area contributed by atoms with E-state index in [-0.39, 0.29) is 11.8 Å². The van der Waals surface area contributed by atoms with Gasteiger partial charge in [-0.25, -0.2) is 0 Å². The molecule has 0 heterocycles. The summed E-state index contributed by atoms with van der Waals surface area (Å²) in [6.45, 7) is 5.35. The Hall–Kier alpha value is -1.84. The van der Waals surface area contributed by atoms with Crippen LogP contribution >= 0.6 is 0 Å². The summed E-state index contributed by atoms with van der Waals surface area (Å²) in [5, 5.41) is 2.95. The fraction of sp³-hybridized carbons (Fsp3) is 0.579. The molecular weight excluding hydrogens is 288 g/mol. The van der Waals surface area contributed by atoms with Crippen molar-refractivity contribution in [1.29, 1.82) is 0 Å². The number of benzene rings is 1. The zero-order valence-electron chi connectivity index (χ0n) is 14.3. The van der Waals surface area contributed by atoms with Crippen molar-refractivity contribution in [3.8, 4) is 0 Å². The predicted octanol–water partition coefficient (Wildman–Crippen LogP) is 4.08. The van der Waals surface area contributed by atoms with Gasteiger partial charge in [-0.3, -0.25) is 9.59 Å². The average Bonchev–Trinajstić information content (AvgIpc) is 2.57. The molecule has 0 saturated heterocycles. The first kappa shape index (κ1) is 17.5. The van der Waals surface area contributed by atoms with Crippen molar-refractivity contribution < 1.29 is 9.59 Å². The first-order valence-electron chi connectivity index (χ1n) is 8.83. The summed E-state index contributed by atoms with van der Waals surface area (Å²) in [6.07, 6.45) is 6.76. The highest BCUT2D eigenvalue weighted by Crippen LogP contribution is 2.26. The number of hydrogen-bond donors (Lipinski definition) is 1. The maximum atomic E-state index is 12.2. The first-order valence-corrected chi connectivity index (χ1v) is 8.83. The summed E-state index contributed by atoms with van der Waals surface area (Å²) in [5.41, 5.74) is 1.43. The van der Waals surface area contributed by atoms with Crippen LogP contribution < -0.4 is 5.32 Å². The number of nitrogens with zero attached hydrogens (tertiary/aromatic N) is 1. The van der Waals surface area contributed by atoms with Gasteiger partial charge in [0, 0.05) is 30.8 Å². The highest BCUT2D eigenvalue weighted by atomic mass is 16.2.